The molecule has 0 fully saturated rings. The van der Waals surface area contributed by atoms with E-state index in [4.69, 9.17) is 9.47 Å². The molecule has 0 saturated heterocycles. The van der Waals surface area contributed by atoms with Crippen molar-refractivity contribution in [2.24, 2.45) is 5.92 Å². The van der Waals surface area contributed by atoms with Crippen LogP contribution in [0.2, 0.25) is 0 Å². The van der Waals surface area contributed by atoms with E-state index in [1.807, 2.05) is 0 Å². The van der Waals surface area contributed by atoms with Gasteiger partial charge in [0.05, 0.1) is 13.2 Å². The Morgan fingerprint density at radius 3 is 1.10 bits per heavy atom. The number of hydrogen-bond donors (Lipinski definition) is 2. The minimum atomic E-state index is -0.0100. The minimum absolute atomic E-state index is 0.0100. The summed E-state index contributed by atoms with van der Waals surface area (Å²) in [5.41, 5.74) is 7.41. The highest BCUT2D eigenvalue weighted by molar-refractivity contribution is 5.55. The van der Waals surface area contributed by atoms with Gasteiger partial charge in [-0.1, -0.05) is 168 Å². The van der Waals surface area contributed by atoms with E-state index in [0.29, 0.717) is 5.92 Å². The number of rotatable bonds is 31. The van der Waals surface area contributed by atoms with Crippen molar-refractivity contribution in [3.63, 3.8) is 0 Å². The fourth-order valence-electron chi connectivity index (χ4n) is 7.72. The van der Waals surface area contributed by atoms with Crippen molar-refractivity contribution in [1.82, 2.24) is 0 Å². The second-order valence-electron chi connectivity index (χ2n) is 15.4. The molecule has 4 nitrogen and oxygen atoms in total. The number of benzene rings is 2. The molecule has 2 N–H and O–H groups in total. The second kappa shape index (κ2) is 27.6. The zero-order valence-corrected chi connectivity index (χ0v) is 33.6. The van der Waals surface area contributed by atoms with E-state index in [0.717, 1.165) is 35.5 Å². The van der Waals surface area contributed by atoms with Gasteiger partial charge in [-0.05, 0) is 67.7 Å². The maximum Gasteiger partial charge on any atom is 0.126 e. The van der Waals surface area contributed by atoms with Gasteiger partial charge in [0.2, 0.25) is 0 Å². The summed E-state index contributed by atoms with van der Waals surface area (Å²) in [7, 11) is 0. The molecule has 0 aromatic heterocycles. The molecule has 0 aliphatic rings. The summed E-state index contributed by atoms with van der Waals surface area (Å²) in [6.45, 7) is 14.0. The van der Waals surface area contributed by atoms with Gasteiger partial charge in [0.25, 0.3) is 0 Å². The van der Waals surface area contributed by atoms with Crippen LogP contribution in [0.5, 0.6) is 11.5 Å². The van der Waals surface area contributed by atoms with E-state index in [1.165, 1.54) is 151 Å². The number of hydrogen-bond acceptors (Lipinski definition) is 4. The minimum Gasteiger partial charge on any atom is -0.491 e. The summed E-state index contributed by atoms with van der Waals surface area (Å²) in [4.78, 5) is 0. The van der Waals surface area contributed by atoms with Crippen LogP contribution in [-0.4, -0.2) is 36.6 Å². The quantitative estimate of drug-likeness (QED) is 0.0771. The number of aliphatic hydroxyl groups excluding tert-OH is 2. The van der Waals surface area contributed by atoms with Crippen LogP contribution in [0.3, 0.4) is 0 Å². The Labute approximate surface area is 309 Å². The smallest absolute Gasteiger partial charge is 0.126 e. The lowest BCUT2D eigenvalue weighted by Crippen LogP contribution is -2.16. The summed E-state index contributed by atoms with van der Waals surface area (Å²) in [6.07, 6.45) is 28.9. The molecule has 0 spiro atoms. The molecular weight excluding hydrogens is 617 g/mol. The molecule has 0 aliphatic heterocycles. The van der Waals surface area contributed by atoms with Gasteiger partial charge in [0, 0.05) is 17.0 Å². The lowest BCUT2D eigenvalue weighted by atomic mass is 9.78. The molecule has 286 valence electrons. The third-order valence-electron chi connectivity index (χ3n) is 10.4. The van der Waals surface area contributed by atoms with Crippen molar-refractivity contribution in [2.45, 2.75) is 189 Å². The highest BCUT2D eigenvalue weighted by Crippen LogP contribution is 2.45. The molecule has 0 atom stereocenters. The Hall–Kier alpha value is -2.04. The van der Waals surface area contributed by atoms with E-state index in [-0.39, 0.29) is 32.3 Å². The van der Waals surface area contributed by atoms with Crippen molar-refractivity contribution >= 4 is 0 Å². The van der Waals surface area contributed by atoms with Crippen LogP contribution < -0.4 is 9.47 Å². The maximum atomic E-state index is 9.73. The van der Waals surface area contributed by atoms with Crippen molar-refractivity contribution in [3.8, 4) is 11.5 Å². The highest BCUT2D eigenvalue weighted by Gasteiger charge is 2.28. The first kappa shape index (κ1) is 44.1. The maximum absolute atomic E-state index is 9.73. The third-order valence-corrected chi connectivity index (χ3v) is 10.4. The molecule has 50 heavy (non-hydrogen) atoms. The largest absolute Gasteiger partial charge is 0.491 e. The number of ether oxygens (including phenoxy) is 2. The van der Waals surface area contributed by atoms with Gasteiger partial charge >= 0.3 is 0 Å². The summed E-state index contributed by atoms with van der Waals surface area (Å²) >= 11 is 0. The average Bonchev–Trinajstić information content (AvgIpc) is 3.09. The van der Waals surface area contributed by atoms with Crippen LogP contribution in [0.15, 0.2) is 24.3 Å². The monoisotopic (exact) mass is 695 g/mol. The molecule has 2 rings (SSSR count). The Kier molecular flexibility index (Phi) is 24.3. The molecule has 2 aromatic carbocycles. The fourth-order valence-corrected chi connectivity index (χ4v) is 7.72. The highest BCUT2D eigenvalue weighted by atomic mass is 16.5. The Balaban J connectivity index is 2.24. The van der Waals surface area contributed by atoms with Gasteiger partial charge in [0.15, 0.2) is 0 Å². The predicted octanol–water partition coefficient (Wildman–Crippen LogP) is 12.8. The first-order chi connectivity index (χ1) is 24.4. The van der Waals surface area contributed by atoms with Crippen LogP contribution in [0.25, 0.3) is 0 Å². The van der Waals surface area contributed by atoms with Gasteiger partial charge in [0.1, 0.15) is 24.7 Å². The number of aryl methyl sites for hydroxylation is 4. The van der Waals surface area contributed by atoms with Crippen molar-refractivity contribution < 1.29 is 19.7 Å². The van der Waals surface area contributed by atoms with E-state index >= 15 is 0 Å². The van der Waals surface area contributed by atoms with Crippen molar-refractivity contribution in [2.75, 3.05) is 26.4 Å². The molecule has 0 unspecified atom stereocenters. The molecule has 0 aliphatic carbocycles. The van der Waals surface area contributed by atoms with E-state index in [2.05, 4.69) is 65.8 Å². The Morgan fingerprint density at radius 1 is 0.480 bits per heavy atom. The molecule has 4 heteroatoms. The first-order valence-corrected chi connectivity index (χ1v) is 21.1. The molecular formula is C46H78O4. The topological polar surface area (TPSA) is 58.9 Å². The van der Waals surface area contributed by atoms with Gasteiger partial charge in [-0.2, -0.15) is 0 Å². The number of aliphatic hydroxyl groups is 2. The van der Waals surface area contributed by atoms with Crippen LogP contribution >= 0.6 is 0 Å². The van der Waals surface area contributed by atoms with Crippen LogP contribution in [0.1, 0.15) is 195 Å². The lowest BCUT2D eigenvalue weighted by molar-refractivity contribution is 0.196. The van der Waals surface area contributed by atoms with Crippen LogP contribution in [0, 0.1) is 19.8 Å². The van der Waals surface area contributed by atoms with Crippen LogP contribution in [0.4, 0.5) is 0 Å². The normalized spacial score (nSPS) is 11.6. The number of unbranched alkanes of at least 4 members (excludes halogenated alkanes) is 18. The van der Waals surface area contributed by atoms with Crippen molar-refractivity contribution in [3.05, 3.63) is 57.6 Å². The second-order valence-corrected chi connectivity index (χ2v) is 15.4. The lowest BCUT2D eigenvalue weighted by Gasteiger charge is -2.29. The summed E-state index contributed by atoms with van der Waals surface area (Å²) < 4.78 is 12.6. The summed E-state index contributed by atoms with van der Waals surface area (Å²) in [5, 5.41) is 19.5. The first-order valence-electron chi connectivity index (χ1n) is 21.1. The zero-order chi connectivity index (χ0) is 36.4. The Morgan fingerprint density at radius 2 is 0.800 bits per heavy atom. The Bertz CT molecular complexity index is 1050. The third kappa shape index (κ3) is 17.0. The van der Waals surface area contributed by atoms with E-state index in [9.17, 15) is 10.2 Å². The molecule has 0 heterocycles. The molecule has 2 aromatic rings. The summed E-state index contributed by atoms with van der Waals surface area (Å²) in [6, 6.07) is 9.38. The van der Waals surface area contributed by atoms with Gasteiger partial charge in [-0.15, -0.1) is 0 Å². The molecule has 0 saturated carbocycles. The molecule has 0 bridgehead atoms. The van der Waals surface area contributed by atoms with E-state index < -0.39 is 0 Å². The van der Waals surface area contributed by atoms with Gasteiger partial charge in [-0.3, -0.25) is 0 Å². The molecule has 0 amide bonds. The standard InChI is InChI=1S/C46H78O4/c1-7-9-11-13-15-17-19-21-23-25-27-40-33-38(5)45(49-31-29-47)42(35-40)44(37(3)4)43-36-41(34-39(6)46(43)50-32-30-48)28-26-24-22-20-18-16-14-12-10-8-2/h33-37,44,47-48H,7-32H2,1-6H3. The zero-order valence-electron chi connectivity index (χ0n) is 33.6. The van der Waals surface area contributed by atoms with Crippen molar-refractivity contribution in [1.29, 1.82) is 0 Å². The summed E-state index contributed by atoms with van der Waals surface area (Å²) in [5.74, 6) is 2.16. The van der Waals surface area contributed by atoms with Gasteiger partial charge < -0.3 is 19.7 Å². The average molecular weight is 695 g/mol. The SMILES string of the molecule is CCCCCCCCCCCCc1cc(C)c(OCCO)c(C(c2cc(CCCCCCCCCCCC)cc(C)c2OCCO)C(C)C)c1. The predicted molar refractivity (Wildman–Crippen MR) is 215 cm³/mol. The van der Waals surface area contributed by atoms with E-state index in [1.54, 1.807) is 0 Å². The van der Waals surface area contributed by atoms with Gasteiger partial charge in [-0.25, -0.2) is 0 Å². The fraction of sp³-hybridized carbons (Fsp3) is 0.739. The molecule has 0 radical (unpaired) electrons. The van der Waals surface area contributed by atoms with Crippen LogP contribution in [-0.2, 0) is 12.8 Å².